The predicted octanol–water partition coefficient (Wildman–Crippen LogP) is 3.68. The zero-order valence-corrected chi connectivity index (χ0v) is 12.4. The summed E-state index contributed by atoms with van der Waals surface area (Å²) < 4.78 is 19.2. The summed E-state index contributed by atoms with van der Waals surface area (Å²) in [4.78, 5) is 15.8. The first-order chi connectivity index (χ1) is 9.26. The maximum absolute atomic E-state index is 14.0. The molecule has 1 unspecified atom stereocenters. The van der Waals surface area contributed by atoms with E-state index >= 15 is 0 Å². The van der Waals surface area contributed by atoms with Crippen molar-refractivity contribution in [3.63, 3.8) is 0 Å². The molecule has 110 valence electrons. The summed E-state index contributed by atoms with van der Waals surface area (Å²) in [6.45, 7) is 7.02. The third-order valence-corrected chi connectivity index (χ3v) is 3.08. The highest BCUT2D eigenvalue weighted by Gasteiger charge is 2.26. The number of hydrogen-bond acceptors (Lipinski definition) is 3. The van der Waals surface area contributed by atoms with Crippen LogP contribution in [0.5, 0.6) is 0 Å². The molecule has 1 fully saturated rings. The summed E-state index contributed by atoms with van der Waals surface area (Å²) in [6, 6.07) is 0.992. The van der Waals surface area contributed by atoms with Crippen molar-refractivity contribution in [1.29, 1.82) is 0 Å². The van der Waals surface area contributed by atoms with Gasteiger partial charge in [0.2, 0.25) is 0 Å². The lowest BCUT2D eigenvalue weighted by Crippen LogP contribution is -2.34. The van der Waals surface area contributed by atoms with Crippen LogP contribution in [0.4, 0.5) is 9.18 Å². The van der Waals surface area contributed by atoms with Crippen LogP contribution >= 0.6 is 0 Å². The Bertz CT molecular complexity index is 507. The maximum Gasteiger partial charge on any atom is 0.408 e. The normalized spacial score (nSPS) is 16.6. The molecule has 0 bridgehead atoms. The molecule has 1 aromatic rings. The largest absolute Gasteiger partial charge is 0.444 e. The summed E-state index contributed by atoms with van der Waals surface area (Å²) >= 11 is 0. The van der Waals surface area contributed by atoms with E-state index in [-0.39, 0.29) is 11.5 Å². The smallest absolute Gasteiger partial charge is 0.408 e. The summed E-state index contributed by atoms with van der Waals surface area (Å²) in [5.74, 6) is 0.0816. The van der Waals surface area contributed by atoms with Gasteiger partial charge in [-0.1, -0.05) is 0 Å². The minimum atomic E-state index is -0.578. The lowest BCUT2D eigenvalue weighted by Gasteiger charge is -2.22. The van der Waals surface area contributed by atoms with Crippen LogP contribution in [0.15, 0.2) is 12.3 Å². The molecular weight excluding hydrogens is 259 g/mol. The Morgan fingerprint density at radius 1 is 1.50 bits per heavy atom. The number of carbonyl (C=O) groups excluding carboxylic acids is 1. The van der Waals surface area contributed by atoms with E-state index < -0.39 is 17.7 Å². The Morgan fingerprint density at radius 3 is 2.65 bits per heavy atom. The zero-order valence-electron chi connectivity index (χ0n) is 12.4. The van der Waals surface area contributed by atoms with E-state index in [4.69, 9.17) is 4.74 Å². The van der Waals surface area contributed by atoms with Crippen molar-refractivity contribution in [3.05, 3.63) is 29.3 Å². The summed E-state index contributed by atoms with van der Waals surface area (Å²) in [7, 11) is 0. The standard InChI is InChI=1S/C15H21FN2O2/c1-9(18-14(19)20-15(2,3)4)13-12(16)7-11(8-17-13)10-5-6-10/h7-10H,5-6H2,1-4H3,(H,18,19). The maximum atomic E-state index is 14.0. The second-order valence-electron chi connectivity index (χ2n) is 6.28. The van der Waals surface area contributed by atoms with Gasteiger partial charge in [-0.15, -0.1) is 0 Å². The summed E-state index contributed by atoms with van der Waals surface area (Å²) in [6.07, 6.45) is 3.33. The molecule has 2 rings (SSSR count). The van der Waals surface area contributed by atoms with Gasteiger partial charge in [0.25, 0.3) is 0 Å². The highest BCUT2D eigenvalue weighted by Crippen LogP contribution is 2.40. The minimum absolute atomic E-state index is 0.236. The monoisotopic (exact) mass is 280 g/mol. The lowest BCUT2D eigenvalue weighted by atomic mass is 10.1. The average Bonchev–Trinajstić information content (AvgIpc) is 3.09. The van der Waals surface area contributed by atoms with Crippen LogP contribution in [0.3, 0.4) is 0 Å². The van der Waals surface area contributed by atoms with Gasteiger partial charge in [0.15, 0.2) is 0 Å². The Labute approximate surface area is 118 Å². The van der Waals surface area contributed by atoms with E-state index in [2.05, 4.69) is 10.3 Å². The highest BCUT2D eigenvalue weighted by atomic mass is 19.1. The fourth-order valence-corrected chi connectivity index (χ4v) is 1.97. The number of hydrogen-bond donors (Lipinski definition) is 1. The number of carbonyl (C=O) groups is 1. The molecular formula is C15H21FN2O2. The number of nitrogens with one attached hydrogen (secondary N) is 1. The van der Waals surface area contributed by atoms with E-state index in [0.717, 1.165) is 18.4 Å². The molecule has 1 aliphatic carbocycles. The molecule has 1 aromatic heterocycles. The van der Waals surface area contributed by atoms with E-state index in [9.17, 15) is 9.18 Å². The van der Waals surface area contributed by atoms with Crippen LogP contribution in [0, 0.1) is 5.82 Å². The number of aromatic nitrogens is 1. The van der Waals surface area contributed by atoms with Crippen molar-refractivity contribution in [2.45, 2.75) is 58.1 Å². The number of ether oxygens (including phenoxy) is 1. The van der Waals surface area contributed by atoms with Gasteiger partial charge in [-0.3, -0.25) is 4.98 Å². The van der Waals surface area contributed by atoms with Crippen LogP contribution in [-0.2, 0) is 4.74 Å². The number of halogens is 1. The molecule has 1 heterocycles. The van der Waals surface area contributed by atoms with Crippen molar-refractivity contribution < 1.29 is 13.9 Å². The van der Waals surface area contributed by atoms with Crippen molar-refractivity contribution in [3.8, 4) is 0 Å². The lowest BCUT2D eigenvalue weighted by molar-refractivity contribution is 0.0506. The number of pyridine rings is 1. The van der Waals surface area contributed by atoms with Crippen molar-refractivity contribution in [2.75, 3.05) is 0 Å². The molecule has 0 spiro atoms. The van der Waals surface area contributed by atoms with E-state index in [1.54, 1.807) is 33.9 Å². The highest BCUT2D eigenvalue weighted by molar-refractivity contribution is 5.68. The van der Waals surface area contributed by atoms with Crippen molar-refractivity contribution >= 4 is 6.09 Å². The quantitative estimate of drug-likeness (QED) is 0.918. The third kappa shape index (κ3) is 3.92. The van der Waals surface area contributed by atoms with Crippen molar-refractivity contribution in [1.82, 2.24) is 10.3 Å². The molecule has 5 heteroatoms. The summed E-state index contributed by atoms with van der Waals surface area (Å²) in [5, 5.41) is 2.59. The molecule has 1 atom stereocenters. The fourth-order valence-electron chi connectivity index (χ4n) is 1.97. The van der Waals surface area contributed by atoms with Crippen LogP contribution in [0.25, 0.3) is 0 Å². The zero-order chi connectivity index (χ0) is 14.9. The first-order valence-corrected chi connectivity index (χ1v) is 6.91. The van der Waals surface area contributed by atoms with Gasteiger partial charge in [0, 0.05) is 6.20 Å². The second kappa shape index (κ2) is 5.38. The number of amides is 1. The minimum Gasteiger partial charge on any atom is -0.444 e. The van der Waals surface area contributed by atoms with Gasteiger partial charge >= 0.3 is 6.09 Å². The molecule has 0 aromatic carbocycles. The van der Waals surface area contributed by atoms with Gasteiger partial charge in [-0.2, -0.15) is 0 Å². The number of alkyl carbamates (subject to hydrolysis) is 1. The molecule has 4 nitrogen and oxygen atoms in total. The molecule has 0 radical (unpaired) electrons. The Hall–Kier alpha value is -1.65. The predicted molar refractivity (Wildman–Crippen MR) is 74.0 cm³/mol. The molecule has 0 saturated heterocycles. The summed E-state index contributed by atoms with van der Waals surface area (Å²) in [5.41, 5.74) is 0.599. The molecule has 1 N–H and O–H groups in total. The SMILES string of the molecule is CC(NC(=O)OC(C)(C)C)c1ncc(C2CC2)cc1F. The third-order valence-electron chi connectivity index (χ3n) is 3.08. The van der Waals surface area contributed by atoms with Crippen LogP contribution < -0.4 is 5.32 Å². The van der Waals surface area contributed by atoms with Gasteiger partial charge in [-0.25, -0.2) is 9.18 Å². The van der Waals surface area contributed by atoms with E-state index in [1.807, 2.05) is 0 Å². The van der Waals surface area contributed by atoms with Crippen LogP contribution in [0.1, 0.15) is 63.8 Å². The fraction of sp³-hybridized carbons (Fsp3) is 0.600. The topological polar surface area (TPSA) is 51.2 Å². The van der Waals surface area contributed by atoms with Gasteiger partial charge in [0.1, 0.15) is 11.4 Å². The van der Waals surface area contributed by atoms with Crippen molar-refractivity contribution in [2.24, 2.45) is 0 Å². The van der Waals surface area contributed by atoms with E-state index in [1.165, 1.54) is 6.07 Å². The first kappa shape index (κ1) is 14.8. The Kier molecular flexibility index (Phi) is 3.97. The molecule has 0 aliphatic heterocycles. The number of rotatable bonds is 3. The number of nitrogens with zero attached hydrogens (tertiary/aromatic N) is 1. The molecule has 1 saturated carbocycles. The average molecular weight is 280 g/mol. The van der Waals surface area contributed by atoms with Gasteiger partial charge in [-0.05, 0) is 58.1 Å². The van der Waals surface area contributed by atoms with Crippen LogP contribution in [0.2, 0.25) is 0 Å². The Morgan fingerprint density at radius 2 is 2.15 bits per heavy atom. The molecule has 1 aliphatic rings. The first-order valence-electron chi connectivity index (χ1n) is 6.91. The molecule has 1 amide bonds. The van der Waals surface area contributed by atoms with Crippen LogP contribution in [-0.4, -0.2) is 16.7 Å². The second-order valence-corrected chi connectivity index (χ2v) is 6.28. The van der Waals surface area contributed by atoms with E-state index in [0.29, 0.717) is 5.92 Å². The molecule has 20 heavy (non-hydrogen) atoms. The Balaban J connectivity index is 2.01. The van der Waals surface area contributed by atoms with Gasteiger partial charge < -0.3 is 10.1 Å². The van der Waals surface area contributed by atoms with Gasteiger partial charge in [0.05, 0.1) is 11.7 Å².